The monoisotopic (exact) mass is 269 g/mol. The lowest BCUT2D eigenvalue weighted by molar-refractivity contribution is 0.478. The van der Waals surface area contributed by atoms with Gasteiger partial charge in [0.15, 0.2) is 11.4 Å². The number of fused-ring (bicyclic) bond motifs is 1. The standard InChI is InChI=1S/C17H16FNO/c1-11-4-2-5-12(8-11)9-15(19)16-10-13-6-3-7-14(18)17(13)20-16/h2-8,10,15H,9,19H2,1H3. The molecule has 1 heterocycles. The molecule has 20 heavy (non-hydrogen) atoms. The molecular formula is C17H16FNO. The van der Waals surface area contributed by atoms with E-state index in [1.54, 1.807) is 6.07 Å². The predicted molar refractivity (Wildman–Crippen MR) is 78.0 cm³/mol. The van der Waals surface area contributed by atoms with Crippen molar-refractivity contribution in [2.24, 2.45) is 5.73 Å². The maximum absolute atomic E-state index is 13.6. The van der Waals surface area contributed by atoms with Gasteiger partial charge < -0.3 is 10.2 Å². The Labute approximate surface area is 117 Å². The van der Waals surface area contributed by atoms with Crippen molar-refractivity contribution < 1.29 is 8.81 Å². The van der Waals surface area contributed by atoms with Gasteiger partial charge in [-0.1, -0.05) is 42.0 Å². The van der Waals surface area contributed by atoms with Crippen LogP contribution in [0.4, 0.5) is 4.39 Å². The molecule has 2 aromatic carbocycles. The van der Waals surface area contributed by atoms with Gasteiger partial charge >= 0.3 is 0 Å². The van der Waals surface area contributed by atoms with Crippen LogP contribution >= 0.6 is 0 Å². The molecule has 0 fully saturated rings. The van der Waals surface area contributed by atoms with E-state index in [0.717, 1.165) is 10.9 Å². The number of furan rings is 1. The van der Waals surface area contributed by atoms with Gasteiger partial charge in [0.1, 0.15) is 5.76 Å². The molecule has 0 spiro atoms. The second kappa shape index (κ2) is 5.10. The van der Waals surface area contributed by atoms with Crippen LogP contribution in [0.2, 0.25) is 0 Å². The molecule has 0 saturated heterocycles. The molecule has 0 aliphatic rings. The zero-order valence-electron chi connectivity index (χ0n) is 11.3. The molecule has 2 nitrogen and oxygen atoms in total. The summed E-state index contributed by atoms with van der Waals surface area (Å²) in [5.41, 5.74) is 8.81. The minimum Gasteiger partial charge on any atom is -0.456 e. The van der Waals surface area contributed by atoms with E-state index in [4.69, 9.17) is 10.2 Å². The Morgan fingerprint density at radius 3 is 2.70 bits per heavy atom. The Balaban J connectivity index is 1.89. The van der Waals surface area contributed by atoms with Gasteiger partial charge in [0, 0.05) is 5.39 Å². The number of para-hydroxylation sites is 1. The molecule has 2 N–H and O–H groups in total. The highest BCUT2D eigenvalue weighted by Crippen LogP contribution is 2.26. The molecule has 3 aromatic rings. The van der Waals surface area contributed by atoms with Gasteiger partial charge in [0.05, 0.1) is 6.04 Å². The average Bonchev–Trinajstić information content (AvgIpc) is 2.84. The minimum absolute atomic E-state index is 0.274. The first-order valence-electron chi connectivity index (χ1n) is 6.62. The van der Waals surface area contributed by atoms with Crippen molar-refractivity contribution in [3.63, 3.8) is 0 Å². The van der Waals surface area contributed by atoms with Crippen LogP contribution in [0.25, 0.3) is 11.0 Å². The van der Waals surface area contributed by atoms with E-state index in [9.17, 15) is 4.39 Å². The Kier molecular flexibility index (Phi) is 3.28. The molecule has 1 aromatic heterocycles. The van der Waals surface area contributed by atoms with Crippen LogP contribution in [-0.4, -0.2) is 0 Å². The second-order valence-corrected chi connectivity index (χ2v) is 5.11. The van der Waals surface area contributed by atoms with E-state index >= 15 is 0 Å². The van der Waals surface area contributed by atoms with Gasteiger partial charge in [-0.15, -0.1) is 0 Å². The lowest BCUT2D eigenvalue weighted by Gasteiger charge is -2.09. The zero-order chi connectivity index (χ0) is 14.1. The summed E-state index contributed by atoms with van der Waals surface area (Å²) in [5.74, 6) is 0.267. The van der Waals surface area contributed by atoms with Crippen molar-refractivity contribution >= 4 is 11.0 Å². The first-order chi connectivity index (χ1) is 9.63. The fourth-order valence-electron chi connectivity index (χ4n) is 2.42. The first-order valence-corrected chi connectivity index (χ1v) is 6.62. The molecule has 1 unspecified atom stereocenters. The maximum Gasteiger partial charge on any atom is 0.169 e. The summed E-state index contributed by atoms with van der Waals surface area (Å²) < 4.78 is 19.2. The zero-order valence-corrected chi connectivity index (χ0v) is 11.3. The maximum atomic E-state index is 13.6. The molecule has 3 heteroatoms. The van der Waals surface area contributed by atoms with E-state index < -0.39 is 0 Å². The lowest BCUT2D eigenvalue weighted by Crippen LogP contribution is -2.12. The summed E-state index contributed by atoms with van der Waals surface area (Å²) in [6, 6.07) is 14.6. The predicted octanol–water partition coefficient (Wildman–Crippen LogP) is 4.12. The Bertz CT molecular complexity index is 748. The van der Waals surface area contributed by atoms with Crippen molar-refractivity contribution in [2.75, 3.05) is 0 Å². The number of benzene rings is 2. The number of nitrogens with two attached hydrogens (primary N) is 1. The highest BCUT2D eigenvalue weighted by Gasteiger charge is 2.14. The third-order valence-corrected chi connectivity index (χ3v) is 3.42. The Morgan fingerprint density at radius 2 is 1.95 bits per heavy atom. The lowest BCUT2D eigenvalue weighted by atomic mass is 10.0. The normalized spacial score (nSPS) is 12.8. The van der Waals surface area contributed by atoms with Crippen LogP contribution in [0.5, 0.6) is 0 Å². The fourth-order valence-corrected chi connectivity index (χ4v) is 2.42. The summed E-state index contributed by atoms with van der Waals surface area (Å²) in [5, 5.41) is 0.750. The fraction of sp³-hybridized carbons (Fsp3) is 0.176. The summed E-state index contributed by atoms with van der Waals surface area (Å²) >= 11 is 0. The van der Waals surface area contributed by atoms with Crippen LogP contribution in [0.3, 0.4) is 0 Å². The van der Waals surface area contributed by atoms with Crippen LogP contribution in [0.15, 0.2) is 52.9 Å². The highest BCUT2D eigenvalue weighted by molar-refractivity contribution is 5.78. The van der Waals surface area contributed by atoms with E-state index in [1.165, 1.54) is 11.6 Å². The molecule has 0 aliphatic carbocycles. The topological polar surface area (TPSA) is 39.2 Å². The largest absolute Gasteiger partial charge is 0.456 e. The van der Waals surface area contributed by atoms with Crippen LogP contribution in [0, 0.1) is 12.7 Å². The third kappa shape index (κ3) is 2.45. The van der Waals surface area contributed by atoms with Crippen molar-refractivity contribution in [1.82, 2.24) is 0 Å². The summed E-state index contributed by atoms with van der Waals surface area (Å²) in [7, 11) is 0. The molecule has 0 bridgehead atoms. The van der Waals surface area contributed by atoms with Crippen molar-refractivity contribution in [1.29, 1.82) is 0 Å². The quantitative estimate of drug-likeness (QED) is 0.776. The van der Waals surface area contributed by atoms with Crippen LogP contribution in [0.1, 0.15) is 22.9 Å². The van der Waals surface area contributed by atoms with Gasteiger partial charge in [-0.25, -0.2) is 4.39 Å². The van der Waals surface area contributed by atoms with Gasteiger partial charge in [-0.3, -0.25) is 0 Å². The Morgan fingerprint density at radius 1 is 1.15 bits per heavy atom. The SMILES string of the molecule is Cc1cccc(CC(N)c2cc3cccc(F)c3o2)c1. The number of hydrogen-bond donors (Lipinski definition) is 1. The van der Waals surface area contributed by atoms with E-state index in [1.807, 2.05) is 37.3 Å². The third-order valence-electron chi connectivity index (χ3n) is 3.42. The molecule has 0 radical (unpaired) electrons. The Hall–Kier alpha value is -2.13. The van der Waals surface area contributed by atoms with Gasteiger partial charge in [0.2, 0.25) is 0 Å². The highest BCUT2D eigenvalue weighted by atomic mass is 19.1. The van der Waals surface area contributed by atoms with Crippen molar-refractivity contribution in [2.45, 2.75) is 19.4 Å². The average molecular weight is 269 g/mol. The molecule has 102 valence electrons. The van der Waals surface area contributed by atoms with Gasteiger partial charge in [0.25, 0.3) is 0 Å². The second-order valence-electron chi connectivity index (χ2n) is 5.11. The molecular weight excluding hydrogens is 253 g/mol. The summed E-state index contributed by atoms with van der Waals surface area (Å²) in [6.45, 7) is 2.05. The number of aryl methyl sites for hydroxylation is 1. The molecule has 0 saturated carbocycles. The van der Waals surface area contributed by atoms with Gasteiger partial charge in [-0.05, 0) is 31.0 Å². The van der Waals surface area contributed by atoms with Crippen molar-refractivity contribution in [3.8, 4) is 0 Å². The first kappa shape index (κ1) is 12.9. The number of hydrogen-bond acceptors (Lipinski definition) is 2. The molecule has 0 aliphatic heterocycles. The smallest absolute Gasteiger partial charge is 0.169 e. The van der Waals surface area contributed by atoms with Crippen LogP contribution in [-0.2, 0) is 6.42 Å². The molecule has 0 amide bonds. The van der Waals surface area contributed by atoms with Gasteiger partial charge in [-0.2, -0.15) is 0 Å². The molecule has 3 rings (SSSR count). The van der Waals surface area contributed by atoms with Crippen molar-refractivity contribution in [3.05, 3.63) is 71.2 Å². The number of halogens is 1. The van der Waals surface area contributed by atoms with E-state index in [0.29, 0.717) is 12.2 Å². The van der Waals surface area contributed by atoms with E-state index in [2.05, 4.69) is 6.07 Å². The van der Waals surface area contributed by atoms with Crippen LogP contribution < -0.4 is 5.73 Å². The minimum atomic E-state index is -0.350. The summed E-state index contributed by atoms with van der Waals surface area (Å²) in [4.78, 5) is 0. The molecule has 1 atom stereocenters. The van der Waals surface area contributed by atoms with E-state index in [-0.39, 0.29) is 17.4 Å². The summed E-state index contributed by atoms with van der Waals surface area (Å²) in [6.07, 6.45) is 0.670. The number of rotatable bonds is 3.